The Kier molecular flexibility index (Phi) is 3.55. The second kappa shape index (κ2) is 5.13. The molecule has 1 heterocycles. The zero-order valence-electron chi connectivity index (χ0n) is 9.66. The Hall–Kier alpha value is -2.31. The predicted octanol–water partition coefficient (Wildman–Crippen LogP) is 2.92. The third-order valence-electron chi connectivity index (χ3n) is 2.34. The van der Waals surface area contributed by atoms with Gasteiger partial charge in [0.25, 0.3) is 0 Å². The maximum Gasteiger partial charge on any atom is 0.405 e. The standard InChI is InChI=1S/C12H10F3N3O/c13-12(14,15)7-17-11(19)18-10-5-1-4-9-8(10)3-2-6-16-9/h1-6H,7H2,(H2,17,18,19). The lowest BCUT2D eigenvalue weighted by molar-refractivity contribution is -0.122. The molecule has 0 bridgehead atoms. The van der Waals surface area contributed by atoms with E-state index in [2.05, 4.69) is 10.3 Å². The van der Waals surface area contributed by atoms with Crippen molar-refractivity contribution in [1.82, 2.24) is 10.3 Å². The van der Waals surface area contributed by atoms with Crippen molar-refractivity contribution in [2.75, 3.05) is 11.9 Å². The summed E-state index contributed by atoms with van der Waals surface area (Å²) in [4.78, 5) is 15.4. The van der Waals surface area contributed by atoms with Crippen LogP contribution in [0.5, 0.6) is 0 Å². The monoisotopic (exact) mass is 269 g/mol. The van der Waals surface area contributed by atoms with Crippen LogP contribution < -0.4 is 10.6 Å². The molecule has 0 aliphatic rings. The molecular formula is C12H10F3N3O. The second-order valence-corrected chi connectivity index (χ2v) is 3.80. The van der Waals surface area contributed by atoms with Crippen molar-refractivity contribution in [1.29, 1.82) is 0 Å². The van der Waals surface area contributed by atoms with Gasteiger partial charge in [0.2, 0.25) is 0 Å². The summed E-state index contributed by atoms with van der Waals surface area (Å²) in [6.07, 6.45) is -2.84. The molecule has 4 nitrogen and oxygen atoms in total. The largest absolute Gasteiger partial charge is 0.405 e. The van der Waals surface area contributed by atoms with E-state index in [9.17, 15) is 18.0 Å². The number of urea groups is 1. The maximum atomic E-state index is 12.0. The maximum absolute atomic E-state index is 12.0. The average molecular weight is 269 g/mol. The van der Waals surface area contributed by atoms with Crippen LogP contribution in [-0.2, 0) is 0 Å². The molecule has 2 rings (SSSR count). The summed E-state index contributed by atoms with van der Waals surface area (Å²) in [6.45, 7) is -1.37. The molecule has 7 heteroatoms. The minimum absolute atomic E-state index is 0.408. The van der Waals surface area contributed by atoms with Crippen molar-refractivity contribution in [2.24, 2.45) is 0 Å². The molecule has 2 amide bonds. The average Bonchev–Trinajstić information content (AvgIpc) is 2.36. The lowest BCUT2D eigenvalue weighted by Gasteiger charge is -2.11. The first-order chi connectivity index (χ1) is 8.96. The number of rotatable bonds is 2. The lowest BCUT2D eigenvalue weighted by atomic mass is 10.2. The molecule has 0 aliphatic heterocycles. The molecule has 2 N–H and O–H groups in total. The number of alkyl halides is 3. The molecule has 0 spiro atoms. The molecule has 0 radical (unpaired) electrons. The number of hydrogen-bond donors (Lipinski definition) is 2. The van der Waals surface area contributed by atoms with Gasteiger partial charge in [-0.2, -0.15) is 13.2 Å². The van der Waals surface area contributed by atoms with Gasteiger partial charge in [0, 0.05) is 11.6 Å². The van der Waals surface area contributed by atoms with Crippen molar-refractivity contribution in [3.63, 3.8) is 0 Å². The number of fused-ring (bicyclic) bond motifs is 1. The van der Waals surface area contributed by atoms with E-state index in [-0.39, 0.29) is 0 Å². The van der Waals surface area contributed by atoms with Crippen molar-refractivity contribution in [2.45, 2.75) is 6.18 Å². The van der Waals surface area contributed by atoms with E-state index in [4.69, 9.17) is 0 Å². The Labute approximate surface area is 106 Å². The van der Waals surface area contributed by atoms with Crippen LogP contribution in [0.15, 0.2) is 36.5 Å². The molecule has 1 aromatic heterocycles. The summed E-state index contributed by atoms with van der Waals surface area (Å²) >= 11 is 0. The zero-order valence-corrected chi connectivity index (χ0v) is 9.66. The Morgan fingerprint density at radius 2 is 2.00 bits per heavy atom. The van der Waals surface area contributed by atoms with Gasteiger partial charge in [-0.3, -0.25) is 4.98 Å². The Morgan fingerprint density at radius 1 is 1.21 bits per heavy atom. The number of benzene rings is 1. The fourth-order valence-electron chi connectivity index (χ4n) is 1.56. The van der Waals surface area contributed by atoms with Crippen LogP contribution in [0.2, 0.25) is 0 Å². The van der Waals surface area contributed by atoms with Crippen molar-refractivity contribution in [3.8, 4) is 0 Å². The Balaban J connectivity index is 2.11. The number of pyridine rings is 1. The van der Waals surface area contributed by atoms with E-state index >= 15 is 0 Å². The smallest absolute Gasteiger partial charge is 0.329 e. The van der Waals surface area contributed by atoms with Gasteiger partial charge in [-0.25, -0.2) is 4.79 Å². The number of carbonyl (C=O) groups excluding carboxylic acids is 1. The molecule has 0 saturated carbocycles. The van der Waals surface area contributed by atoms with Crippen LogP contribution in [0.1, 0.15) is 0 Å². The summed E-state index contributed by atoms with van der Waals surface area (Å²) < 4.78 is 35.9. The summed E-state index contributed by atoms with van der Waals surface area (Å²) in [5, 5.41) is 4.77. The van der Waals surface area contributed by atoms with Crippen molar-refractivity contribution >= 4 is 22.6 Å². The van der Waals surface area contributed by atoms with Crippen LogP contribution in [0, 0.1) is 0 Å². The number of amides is 2. The van der Waals surface area contributed by atoms with E-state index in [0.29, 0.717) is 16.6 Å². The lowest BCUT2D eigenvalue weighted by Crippen LogP contribution is -2.36. The third-order valence-corrected chi connectivity index (χ3v) is 2.34. The number of carbonyl (C=O) groups is 1. The van der Waals surface area contributed by atoms with Crippen LogP contribution in [0.4, 0.5) is 23.7 Å². The summed E-state index contributed by atoms with van der Waals surface area (Å²) in [5.74, 6) is 0. The van der Waals surface area contributed by atoms with Crippen molar-refractivity contribution < 1.29 is 18.0 Å². The molecular weight excluding hydrogens is 259 g/mol. The van der Waals surface area contributed by atoms with Crippen LogP contribution in [0.3, 0.4) is 0 Å². The van der Waals surface area contributed by atoms with E-state index in [1.54, 1.807) is 41.8 Å². The summed E-state index contributed by atoms with van der Waals surface area (Å²) in [6, 6.07) is 7.50. The van der Waals surface area contributed by atoms with E-state index in [1.165, 1.54) is 0 Å². The van der Waals surface area contributed by atoms with Crippen LogP contribution in [-0.4, -0.2) is 23.7 Å². The first kappa shape index (κ1) is 13.1. The molecule has 0 fully saturated rings. The highest BCUT2D eigenvalue weighted by molar-refractivity contribution is 6.00. The van der Waals surface area contributed by atoms with Gasteiger partial charge in [-0.05, 0) is 24.3 Å². The Morgan fingerprint density at radius 3 is 2.74 bits per heavy atom. The molecule has 0 atom stereocenters. The number of anilines is 1. The zero-order chi connectivity index (χ0) is 13.9. The highest BCUT2D eigenvalue weighted by atomic mass is 19.4. The van der Waals surface area contributed by atoms with E-state index in [0.717, 1.165) is 0 Å². The van der Waals surface area contributed by atoms with Gasteiger partial charge in [0.05, 0.1) is 11.2 Å². The predicted molar refractivity (Wildman–Crippen MR) is 64.8 cm³/mol. The molecule has 0 saturated heterocycles. The fourth-order valence-corrected chi connectivity index (χ4v) is 1.56. The van der Waals surface area contributed by atoms with Crippen molar-refractivity contribution in [3.05, 3.63) is 36.5 Å². The van der Waals surface area contributed by atoms with Gasteiger partial charge >= 0.3 is 12.2 Å². The van der Waals surface area contributed by atoms with Crippen LogP contribution in [0.25, 0.3) is 10.9 Å². The molecule has 0 aliphatic carbocycles. The van der Waals surface area contributed by atoms with Gasteiger partial charge in [-0.15, -0.1) is 0 Å². The quantitative estimate of drug-likeness (QED) is 0.880. The minimum atomic E-state index is -4.43. The number of nitrogens with one attached hydrogen (secondary N) is 2. The first-order valence-electron chi connectivity index (χ1n) is 5.41. The van der Waals surface area contributed by atoms with Gasteiger partial charge in [0.15, 0.2) is 0 Å². The second-order valence-electron chi connectivity index (χ2n) is 3.80. The van der Waals surface area contributed by atoms with Gasteiger partial charge < -0.3 is 10.6 Å². The van der Waals surface area contributed by atoms with Crippen LogP contribution >= 0.6 is 0 Å². The number of nitrogens with zero attached hydrogens (tertiary/aromatic N) is 1. The first-order valence-corrected chi connectivity index (χ1v) is 5.41. The normalized spacial score (nSPS) is 11.3. The molecule has 100 valence electrons. The highest BCUT2D eigenvalue weighted by Crippen LogP contribution is 2.21. The number of halogens is 3. The Bertz CT molecular complexity index is 593. The van der Waals surface area contributed by atoms with E-state index < -0.39 is 18.8 Å². The summed E-state index contributed by atoms with van der Waals surface area (Å²) in [7, 11) is 0. The number of aromatic nitrogens is 1. The minimum Gasteiger partial charge on any atom is -0.329 e. The molecule has 2 aromatic rings. The molecule has 0 unspecified atom stereocenters. The number of hydrogen-bond acceptors (Lipinski definition) is 2. The van der Waals surface area contributed by atoms with Gasteiger partial charge in [0.1, 0.15) is 6.54 Å². The van der Waals surface area contributed by atoms with E-state index in [1.807, 2.05) is 0 Å². The topological polar surface area (TPSA) is 54.0 Å². The summed E-state index contributed by atoms with van der Waals surface area (Å²) in [5.41, 5.74) is 1.06. The third kappa shape index (κ3) is 3.57. The SMILES string of the molecule is O=C(NCC(F)(F)F)Nc1cccc2ncccc12. The van der Waals surface area contributed by atoms with Gasteiger partial charge in [-0.1, -0.05) is 6.07 Å². The fraction of sp³-hybridized carbons (Fsp3) is 0.167. The highest BCUT2D eigenvalue weighted by Gasteiger charge is 2.27. The molecule has 1 aromatic carbocycles. The molecule has 19 heavy (non-hydrogen) atoms.